The minimum atomic E-state index is -0.978. The Morgan fingerprint density at radius 2 is 2.36 bits per heavy atom. The average Bonchev–Trinajstić information content (AvgIpc) is 2.10. The Hall–Kier alpha value is -0.770. The molecule has 64 valence electrons. The highest BCUT2D eigenvalue weighted by Crippen LogP contribution is 2.24. The molecule has 0 aromatic carbocycles. The second-order valence-corrected chi connectivity index (χ2v) is 3.24. The van der Waals surface area contributed by atoms with Crippen LogP contribution in [-0.2, 0) is 4.74 Å². The lowest BCUT2D eigenvalue weighted by atomic mass is 9.99. The number of hydrogen-bond acceptors (Lipinski definition) is 2. The van der Waals surface area contributed by atoms with Gasteiger partial charge in [-0.1, -0.05) is 0 Å². The van der Waals surface area contributed by atoms with Crippen LogP contribution in [-0.4, -0.2) is 29.4 Å². The van der Waals surface area contributed by atoms with E-state index in [2.05, 4.69) is 5.32 Å². The van der Waals surface area contributed by atoms with Gasteiger partial charge in [-0.05, 0) is 20.3 Å². The average molecular weight is 159 g/mol. The molecule has 0 spiro atoms. The first kappa shape index (κ1) is 8.33. The van der Waals surface area contributed by atoms with Gasteiger partial charge in [-0.3, -0.25) is 0 Å². The molecule has 0 saturated carbocycles. The molecule has 2 N–H and O–H groups in total. The van der Waals surface area contributed by atoms with E-state index < -0.39 is 6.09 Å². The molecule has 0 aromatic rings. The lowest BCUT2D eigenvalue weighted by Gasteiger charge is -2.25. The highest BCUT2D eigenvalue weighted by Gasteiger charge is 2.36. The summed E-state index contributed by atoms with van der Waals surface area (Å²) in [5.41, 5.74) is -0.349. The summed E-state index contributed by atoms with van der Waals surface area (Å²) in [4.78, 5) is 10.3. The molecule has 1 saturated heterocycles. The first-order valence-corrected chi connectivity index (χ1v) is 3.66. The fraction of sp³-hybridized carbons (Fsp3) is 0.857. The van der Waals surface area contributed by atoms with E-state index in [1.54, 1.807) is 0 Å². The fourth-order valence-electron chi connectivity index (χ4n) is 1.28. The van der Waals surface area contributed by atoms with Gasteiger partial charge in [0.25, 0.3) is 0 Å². The molecule has 1 fully saturated rings. The van der Waals surface area contributed by atoms with Gasteiger partial charge >= 0.3 is 6.09 Å². The van der Waals surface area contributed by atoms with Gasteiger partial charge in [-0.25, -0.2) is 4.79 Å². The Morgan fingerprint density at radius 1 is 1.73 bits per heavy atom. The molecule has 0 bridgehead atoms. The molecule has 1 amide bonds. The second-order valence-electron chi connectivity index (χ2n) is 3.24. The first-order chi connectivity index (χ1) is 5.02. The van der Waals surface area contributed by atoms with E-state index in [1.165, 1.54) is 0 Å². The number of carboxylic acid groups (broad SMARTS) is 1. The molecule has 4 nitrogen and oxygen atoms in total. The van der Waals surface area contributed by atoms with Gasteiger partial charge in [0.2, 0.25) is 0 Å². The van der Waals surface area contributed by atoms with E-state index in [0.29, 0.717) is 6.61 Å². The lowest BCUT2D eigenvalue weighted by Crippen LogP contribution is -2.45. The topological polar surface area (TPSA) is 58.6 Å². The second kappa shape index (κ2) is 2.70. The summed E-state index contributed by atoms with van der Waals surface area (Å²) < 4.78 is 5.33. The third kappa shape index (κ3) is 1.83. The van der Waals surface area contributed by atoms with Crippen LogP contribution >= 0.6 is 0 Å². The summed E-state index contributed by atoms with van der Waals surface area (Å²) in [5.74, 6) is 0. The van der Waals surface area contributed by atoms with E-state index in [0.717, 1.165) is 6.42 Å². The van der Waals surface area contributed by atoms with Gasteiger partial charge < -0.3 is 15.2 Å². The van der Waals surface area contributed by atoms with Crippen molar-refractivity contribution in [1.29, 1.82) is 0 Å². The van der Waals surface area contributed by atoms with Gasteiger partial charge in [-0.15, -0.1) is 0 Å². The van der Waals surface area contributed by atoms with E-state index in [-0.39, 0.29) is 11.6 Å². The van der Waals surface area contributed by atoms with Crippen molar-refractivity contribution < 1.29 is 14.6 Å². The van der Waals surface area contributed by atoms with Crippen LogP contribution in [0.4, 0.5) is 4.79 Å². The highest BCUT2D eigenvalue weighted by atomic mass is 16.5. The zero-order chi connectivity index (χ0) is 8.48. The van der Waals surface area contributed by atoms with Crippen LogP contribution in [0.15, 0.2) is 0 Å². The van der Waals surface area contributed by atoms with Crippen LogP contribution in [0.3, 0.4) is 0 Å². The van der Waals surface area contributed by atoms with Gasteiger partial charge in [0.1, 0.15) is 0 Å². The number of ether oxygens (including phenoxy) is 1. The molecule has 0 aromatic heterocycles. The summed E-state index contributed by atoms with van der Waals surface area (Å²) >= 11 is 0. The third-order valence-electron chi connectivity index (χ3n) is 2.02. The third-order valence-corrected chi connectivity index (χ3v) is 2.02. The molecule has 1 heterocycles. The number of amides is 1. The summed E-state index contributed by atoms with van der Waals surface area (Å²) in [6.45, 7) is 4.42. The molecule has 0 aliphatic carbocycles. The quantitative estimate of drug-likeness (QED) is 0.595. The Balaban J connectivity index is 2.51. The first-order valence-electron chi connectivity index (χ1n) is 3.66. The normalized spacial score (nSPS) is 28.4. The van der Waals surface area contributed by atoms with Crippen molar-refractivity contribution in [2.75, 3.05) is 6.61 Å². The fourth-order valence-corrected chi connectivity index (χ4v) is 1.28. The minimum Gasteiger partial charge on any atom is -0.465 e. The van der Waals surface area contributed by atoms with Crippen molar-refractivity contribution in [3.05, 3.63) is 0 Å². The monoisotopic (exact) mass is 159 g/mol. The summed E-state index contributed by atoms with van der Waals surface area (Å²) in [6, 6.07) is -0.0694. The highest BCUT2D eigenvalue weighted by molar-refractivity contribution is 5.65. The number of hydrogen-bond donors (Lipinski definition) is 2. The van der Waals surface area contributed by atoms with Crippen molar-refractivity contribution in [3.63, 3.8) is 0 Å². The van der Waals surface area contributed by atoms with Crippen molar-refractivity contribution >= 4 is 6.09 Å². The minimum absolute atomic E-state index is 0.0694. The van der Waals surface area contributed by atoms with Gasteiger partial charge in [0, 0.05) is 6.61 Å². The van der Waals surface area contributed by atoms with E-state index >= 15 is 0 Å². The zero-order valence-corrected chi connectivity index (χ0v) is 6.76. The molecule has 1 aliphatic heterocycles. The Bertz CT molecular complexity index is 167. The van der Waals surface area contributed by atoms with Crippen LogP contribution in [0.2, 0.25) is 0 Å². The van der Waals surface area contributed by atoms with Crippen molar-refractivity contribution in [1.82, 2.24) is 5.32 Å². The predicted molar refractivity (Wildman–Crippen MR) is 39.6 cm³/mol. The zero-order valence-electron chi connectivity index (χ0n) is 6.76. The standard InChI is InChI=1S/C7H13NO3/c1-7(2)5(3-4-11-7)8-6(9)10/h5,8H,3-4H2,1-2H3,(H,9,10). The van der Waals surface area contributed by atoms with Gasteiger partial charge in [0.05, 0.1) is 11.6 Å². The molecular formula is C7H13NO3. The maximum atomic E-state index is 10.3. The molecule has 0 radical (unpaired) electrons. The van der Waals surface area contributed by atoms with Crippen LogP contribution in [0.5, 0.6) is 0 Å². The molecular weight excluding hydrogens is 146 g/mol. The van der Waals surface area contributed by atoms with E-state index in [1.807, 2.05) is 13.8 Å². The lowest BCUT2D eigenvalue weighted by molar-refractivity contribution is 0.0220. The van der Waals surface area contributed by atoms with Gasteiger partial charge in [-0.2, -0.15) is 0 Å². The van der Waals surface area contributed by atoms with Crippen molar-refractivity contribution in [2.45, 2.75) is 31.9 Å². The number of carbonyl (C=O) groups is 1. The van der Waals surface area contributed by atoms with Crippen LogP contribution in [0.25, 0.3) is 0 Å². The Kier molecular flexibility index (Phi) is 2.04. The largest absolute Gasteiger partial charge is 0.465 e. The SMILES string of the molecule is CC1(C)OCCC1NC(=O)O. The number of nitrogens with one attached hydrogen (secondary N) is 1. The number of rotatable bonds is 1. The molecule has 1 aliphatic rings. The summed E-state index contributed by atoms with van der Waals surface area (Å²) in [6.07, 6.45) is -0.215. The van der Waals surface area contributed by atoms with Crippen LogP contribution < -0.4 is 5.32 Å². The molecule has 4 heteroatoms. The van der Waals surface area contributed by atoms with Crippen LogP contribution in [0.1, 0.15) is 20.3 Å². The molecule has 11 heavy (non-hydrogen) atoms. The van der Waals surface area contributed by atoms with E-state index in [4.69, 9.17) is 9.84 Å². The van der Waals surface area contributed by atoms with Crippen LogP contribution in [0, 0.1) is 0 Å². The summed E-state index contributed by atoms with van der Waals surface area (Å²) in [7, 11) is 0. The van der Waals surface area contributed by atoms with Crippen molar-refractivity contribution in [2.24, 2.45) is 0 Å². The Morgan fingerprint density at radius 3 is 2.73 bits per heavy atom. The smallest absolute Gasteiger partial charge is 0.404 e. The van der Waals surface area contributed by atoms with E-state index in [9.17, 15) is 4.79 Å². The molecule has 1 rings (SSSR count). The summed E-state index contributed by atoms with van der Waals surface area (Å²) in [5, 5.41) is 10.9. The molecule has 1 atom stereocenters. The molecule has 1 unspecified atom stereocenters. The van der Waals surface area contributed by atoms with Crippen molar-refractivity contribution in [3.8, 4) is 0 Å². The Labute approximate surface area is 65.5 Å². The maximum Gasteiger partial charge on any atom is 0.404 e. The van der Waals surface area contributed by atoms with Gasteiger partial charge in [0.15, 0.2) is 0 Å². The maximum absolute atomic E-state index is 10.3. The predicted octanol–water partition coefficient (Wildman–Crippen LogP) is 0.822.